The van der Waals surface area contributed by atoms with Gasteiger partial charge in [0.25, 0.3) is 0 Å². The minimum Gasteiger partial charge on any atom is -0.411 e. The molecule has 84 valence electrons. The molecule has 0 saturated carbocycles. The Bertz CT molecular complexity index is 533. The van der Waals surface area contributed by atoms with Crippen molar-refractivity contribution in [3.05, 3.63) is 66.0 Å². The summed E-state index contributed by atoms with van der Waals surface area (Å²) in [6.07, 6.45) is 4.57. The molecule has 0 aliphatic rings. The smallest absolute Gasteiger partial charge is 0.411 e. The topological polar surface area (TPSA) is 53.5 Å². The van der Waals surface area contributed by atoms with Gasteiger partial charge in [-0.25, -0.2) is 4.79 Å². The van der Waals surface area contributed by atoms with Crippen LogP contribution in [0.4, 0.5) is 0 Å². The number of benzene rings is 1. The Labute approximate surface area is 98.5 Å². The van der Waals surface area contributed by atoms with Gasteiger partial charge in [-0.15, -0.1) is 4.57 Å². The molecule has 0 aliphatic heterocycles. The molecule has 0 unspecified atom stereocenters. The molecule has 17 heavy (non-hydrogen) atoms. The van der Waals surface area contributed by atoms with Crippen LogP contribution in [0.1, 0.15) is 15.9 Å². The first kappa shape index (κ1) is 11.0. The summed E-state index contributed by atoms with van der Waals surface area (Å²) < 4.78 is 1.48. The molecule has 2 aromatic rings. The van der Waals surface area contributed by atoms with Crippen molar-refractivity contribution in [1.29, 1.82) is 0 Å². The molecule has 0 radical (unpaired) electrons. The van der Waals surface area contributed by atoms with Crippen LogP contribution in [-0.4, -0.2) is 17.3 Å². The molecule has 4 heteroatoms. The van der Waals surface area contributed by atoms with Crippen molar-refractivity contribution in [2.24, 2.45) is 5.16 Å². The average Bonchev–Trinajstić information content (AvgIpc) is 2.40. The third-order valence-corrected chi connectivity index (χ3v) is 2.32. The molecular weight excluding hydrogens is 216 g/mol. The number of pyridine rings is 1. The fourth-order valence-corrected chi connectivity index (χ4v) is 1.46. The van der Waals surface area contributed by atoms with Crippen LogP contribution in [0.3, 0.4) is 0 Å². The highest BCUT2D eigenvalue weighted by atomic mass is 16.4. The molecule has 0 bridgehead atoms. The van der Waals surface area contributed by atoms with Crippen molar-refractivity contribution in [3.8, 4) is 0 Å². The number of oxime groups is 1. The second-order valence-electron chi connectivity index (χ2n) is 3.45. The Morgan fingerprint density at radius 2 is 1.76 bits per heavy atom. The second kappa shape index (κ2) is 5.03. The molecule has 0 amide bonds. The zero-order chi connectivity index (χ0) is 12.1. The maximum absolute atomic E-state index is 12.0. The van der Waals surface area contributed by atoms with Gasteiger partial charge in [-0.2, -0.15) is 0 Å². The first-order chi connectivity index (χ1) is 8.31. The Hall–Kier alpha value is -2.49. The standard InChI is InChI=1S/C13H10N2O2/c16-13(12-4-2-1-3-5-12)15-8-6-11(7-9-15)10-14-17/h1-10H/p+1. The molecule has 2 rings (SSSR count). The molecule has 0 fully saturated rings. The number of carbonyl (C=O) groups is 1. The van der Waals surface area contributed by atoms with E-state index >= 15 is 0 Å². The highest BCUT2D eigenvalue weighted by Gasteiger charge is 2.15. The highest BCUT2D eigenvalue weighted by molar-refractivity contribution is 5.87. The molecule has 4 nitrogen and oxygen atoms in total. The van der Waals surface area contributed by atoms with Crippen molar-refractivity contribution in [2.75, 3.05) is 0 Å². The normalized spacial score (nSPS) is 10.6. The summed E-state index contributed by atoms with van der Waals surface area (Å²) >= 11 is 0. The van der Waals surface area contributed by atoms with Gasteiger partial charge in [0.15, 0.2) is 12.4 Å². The summed E-state index contributed by atoms with van der Waals surface area (Å²) in [5.41, 5.74) is 1.35. The van der Waals surface area contributed by atoms with Gasteiger partial charge >= 0.3 is 5.91 Å². The van der Waals surface area contributed by atoms with E-state index in [1.807, 2.05) is 18.2 Å². The highest BCUT2D eigenvalue weighted by Crippen LogP contribution is 1.98. The van der Waals surface area contributed by atoms with E-state index in [9.17, 15) is 4.79 Å². The van der Waals surface area contributed by atoms with Crippen LogP contribution in [0.15, 0.2) is 60.0 Å². The van der Waals surface area contributed by atoms with Crippen LogP contribution in [0.5, 0.6) is 0 Å². The van der Waals surface area contributed by atoms with E-state index in [-0.39, 0.29) is 5.91 Å². The summed E-state index contributed by atoms with van der Waals surface area (Å²) in [5, 5.41) is 11.3. The van der Waals surface area contributed by atoms with Gasteiger partial charge in [0, 0.05) is 17.7 Å². The first-order valence-electron chi connectivity index (χ1n) is 5.10. The number of carbonyl (C=O) groups excluding carboxylic acids is 1. The maximum Gasteiger partial charge on any atom is 0.424 e. The summed E-state index contributed by atoms with van der Waals surface area (Å²) in [4.78, 5) is 12.0. The second-order valence-corrected chi connectivity index (χ2v) is 3.45. The Morgan fingerprint density at radius 1 is 1.12 bits per heavy atom. The van der Waals surface area contributed by atoms with Gasteiger partial charge < -0.3 is 5.21 Å². The van der Waals surface area contributed by atoms with Crippen LogP contribution in [0.25, 0.3) is 0 Å². The van der Waals surface area contributed by atoms with E-state index in [1.165, 1.54) is 10.8 Å². The van der Waals surface area contributed by atoms with Gasteiger partial charge in [0.05, 0.1) is 11.8 Å². The average molecular weight is 227 g/mol. The van der Waals surface area contributed by atoms with Crippen molar-refractivity contribution >= 4 is 12.1 Å². The fraction of sp³-hybridized carbons (Fsp3) is 0. The van der Waals surface area contributed by atoms with E-state index < -0.39 is 0 Å². The van der Waals surface area contributed by atoms with Gasteiger partial charge in [0.2, 0.25) is 0 Å². The van der Waals surface area contributed by atoms with E-state index in [1.54, 1.807) is 36.7 Å². The first-order valence-corrected chi connectivity index (χ1v) is 5.10. The molecule has 0 atom stereocenters. The summed E-state index contributed by atoms with van der Waals surface area (Å²) in [6.45, 7) is 0. The third kappa shape index (κ3) is 2.55. The monoisotopic (exact) mass is 227 g/mol. The predicted molar refractivity (Wildman–Crippen MR) is 62.2 cm³/mol. The lowest BCUT2D eigenvalue weighted by atomic mass is 10.2. The van der Waals surface area contributed by atoms with E-state index in [0.29, 0.717) is 5.56 Å². The van der Waals surface area contributed by atoms with Crippen molar-refractivity contribution in [2.45, 2.75) is 0 Å². The lowest BCUT2D eigenvalue weighted by Crippen LogP contribution is -2.42. The third-order valence-electron chi connectivity index (χ3n) is 2.32. The van der Waals surface area contributed by atoms with Crippen LogP contribution in [0, 0.1) is 0 Å². The van der Waals surface area contributed by atoms with Gasteiger partial charge in [-0.05, 0) is 12.1 Å². The number of hydrogen-bond acceptors (Lipinski definition) is 3. The van der Waals surface area contributed by atoms with Crippen LogP contribution in [0.2, 0.25) is 0 Å². The SMILES string of the molecule is O=C(c1ccccc1)[n+]1ccc(/C=N/O)cc1. The lowest BCUT2D eigenvalue weighted by molar-refractivity contribution is -0.570. The van der Waals surface area contributed by atoms with E-state index in [0.717, 1.165) is 5.56 Å². The van der Waals surface area contributed by atoms with Crippen molar-refractivity contribution in [1.82, 2.24) is 0 Å². The Balaban J connectivity index is 2.26. The fourth-order valence-electron chi connectivity index (χ4n) is 1.46. The molecule has 1 N–H and O–H groups in total. The van der Waals surface area contributed by atoms with E-state index in [4.69, 9.17) is 5.21 Å². The number of aromatic nitrogens is 1. The maximum atomic E-state index is 12.0. The lowest BCUT2D eigenvalue weighted by Gasteiger charge is -1.95. The Kier molecular flexibility index (Phi) is 3.25. The van der Waals surface area contributed by atoms with Gasteiger partial charge in [-0.1, -0.05) is 23.4 Å². The zero-order valence-corrected chi connectivity index (χ0v) is 9.02. The van der Waals surface area contributed by atoms with Crippen molar-refractivity contribution in [3.63, 3.8) is 0 Å². The quantitative estimate of drug-likeness (QED) is 0.365. The largest absolute Gasteiger partial charge is 0.424 e. The molecule has 0 aliphatic carbocycles. The summed E-state index contributed by atoms with van der Waals surface area (Å²) in [7, 11) is 0. The number of rotatable bonds is 2. The van der Waals surface area contributed by atoms with Crippen molar-refractivity contribution < 1.29 is 14.6 Å². The molecule has 0 spiro atoms. The van der Waals surface area contributed by atoms with Gasteiger partial charge in [-0.3, -0.25) is 0 Å². The molecular formula is C13H11N2O2+. The Morgan fingerprint density at radius 3 is 2.35 bits per heavy atom. The summed E-state index contributed by atoms with van der Waals surface area (Å²) in [5.74, 6) is -0.0990. The molecule has 0 saturated heterocycles. The predicted octanol–water partition coefficient (Wildman–Crippen LogP) is 1.47. The summed E-state index contributed by atoms with van der Waals surface area (Å²) in [6, 6.07) is 12.4. The number of nitrogens with zero attached hydrogens (tertiary/aromatic N) is 2. The van der Waals surface area contributed by atoms with E-state index in [2.05, 4.69) is 5.16 Å². The van der Waals surface area contributed by atoms with Gasteiger partial charge in [0.1, 0.15) is 0 Å². The minimum atomic E-state index is -0.0990. The van der Waals surface area contributed by atoms with Crippen LogP contribution < -0.4 is 4.57 Å². The zero-order valence-electron chi connectivity index (χ0n) is 9.02. The molecule has 1 heterocycles. The van der Waals surface area contributed by atoms with Crippen LogP contribution >= 0.6 is 0 Å². The number of hydrogen-bond donors (Lipinski definition) is 1. The molecule has 1 aromatic carbocycles. The van der Waals surface area contributed by atoms with Crippen LogP contribution in [-0.2, 0) is 0 Å². The minimum absolute atomic E-state index is 0.0990. The molecule has 1 aromatic heterocycles.